The van der Waals surface area contributed by atoms with Crippen LogP contribution in [0.5, 0.6) is 0 Å². The van der Waals surface area contributed by atoms with Crippen LogP contribution in [-0.4, -0.2) is 27.1 Å². The van der Waals surface area contributed by atoms with Crippen molar-refractivity contribution in [3.8, 4) is 0 Å². The molecule has 98 valence electrons. The van der Waals surface area contributed by atoms with Gasteiger partial charge in [0, 0.05) is 5.57 Å². The first-order valence-corrected chi connectivity index (χ1v) is 6.27. The van der Waals surface area contributed by atoms with Gasteiger partial charge in [-0.05, 0) is 6.08 Å². The lowest BCUT2D eigenvalue weighted by molar-refractivity contribution is -0.141. The minimum Gasteiger partial charge on any atom is -0.280 e. The first-order valence-electron chi connectivity index (χ1n) is 5.35. The first-order chi connectivity index (χ1) is 8.52. The van der Waals surface area contributed by atoms with E-state index in [1.165, 1.54) is 18.2 Å². The molecule has 1 fully saturated rings. The van der Waals surface area contributed by atoms with E-state index >= 15 is 0 Å². The fraction of sp³-hybridized carbons (Fsp3) is 0.250. The van der Waals surface area contributed by atoms with Crippen LogP contribution in [-0.2, 0) is 9.59 Å². The summed E-state index contributed by atoms with van der Waals surface area (Å²) in [6, 6.07) is 0. The minimum absolute atomic E-state index is 0.212. The SMILES string of the molecule is C=C/C=C(\C=C)C(=O)N1NC(=S)C(S)C1=O.CC. The number of carbonyl (C=O) groups is 2. The van der Waals surface area contributed by atoms with E-state index in [1.807, 2.05) is 13.8 Å². The second-order valence-electron chi connectivity index (χ2n) is 2.92. The lowest BCUT2D eigenvalue weighted by Gasteiger charge is -2.13. The van der Waals surface area contributed by atoms with Gasteiger partial charge in [0.15, 0.2) is 0 Å². The third kappa shape index (κ3) is 3.54. The molecule has 2 amide bonds. The van der Waals surface area contributed by atoms with Crippen molar-refractivity contribution in [1.29, 1.82) is 0 Å². The highest BCUT2D eigenvalue weighted by Crippen LogP contribution is 2.13. The topological polar surface area (TPSA) is 49.4 Å². The number of imide groups is 1. The van der Waals surface area contributed by atoms with Gasteiger partial charge < -0.3 is 0 Å². The zero-order valence-corrected chi connectivity index (χ0v) is 12.1. The highest BCUT2D eigenvalue weighted by Gasteiger charge is 2.38. The van der Waals surface area contributed by atoms with Crippen molar-refractivity contribution < 1.29 is 9.59 Å². The number of allylic oxidation sites excluding steroid dienone is 2. The van der Waals surface area contributed by atoms with Crippen molar-refractivity contribution in [3.63, 3.8) is 0 Å². The summed E-state index contributed by atoms with van der Waals surface area (Å²) in [7, 11) is 0. The van der Waals surface area contributed by atoms with Gasteiger partial charge in [0.25, 0.3) is 11.8 Å². The maximum Gasteiger partial charge on any atom is 0.279 e. The first kappa shape index (κ1) is 16.6. The van der Waals surface area contributed by atoms with E-state index in [2.05, 4.69) is 31.2 Å². The smallest absolute Gasteiger partial charge is 0.279 e. The summed E-state index contributed by atoms with van der Waals surface area (Å²) in [5.74, 6) is -1.02. The predicted molar refractivity (Wildman–Crippen MR) is 80.2 cm³/mol. The lowest BCUT2D eigenvalue weighted by atomic mass is 10.2. The van der Waals surface area contributed by atoms with Gasteiger partial charge in [-0.3, -0.25) is 15.0 Å². The molecule has 6 heteroatoms. The van der Waals surface area contributed by atoms with Gasteiger partial charge in [0.1, 0.15) is 10.2 Å². The Hall–Kier alpha value is -1.40. The highest BCUT2D eigenvalue weighted by molar-refractivity contribution is 7.87. The third-order valence-electron chi connectivity index (χ3n) is 1.89. The molecule has 1 rings (SSSR count). The van der Waals surface area contributed by atoms with Gasteiger partial charge in [-0.1, -0.05) is 51.4 Å². The number of hydrogen-bond acceptors (Lipinski definition) is 4. The van der Waals surface area contributed by atoms with Gasteiger partial charge >= 0.3 is 0 Å². The molecule has 1 unspecified atom stereocenters. The fourth-order valence-electron chi connectivity index (χ4n) is 1.09. The van der Waals surface area contributed by atoms with Gasteiger partial charge in [-0.15, -0.1) is 0 Å². The average Bonchev–Trinajstić information content (AvgIpc) is 2.65. The summed E-state index contributed by atoms with van der Waals surface area (Å²) in [6.07, 6.45) is 4.24. The van der Waals surface area contributed by atoms with E-state index in [4.69, 9.17) is 12.2 Å². The molecular formula is C12H16N2O2S2. The van der Waals surface area contributed by atoms with Crippen molar-refractivity contribution in [1.82, 2.24) is 10.4 Å². The summed E-state index contributed by atoms with van der Waals surface area (Å²) in [5, 5.41) is 0.0607. The molecule has 1 heterocycles. The van der Waals surface area contributed by atoms with E-state index in [-0.39, 0.29) is 10.6 Å². The molecule has 1 N–H and O–H groups in total. The molecule has 1 aliphatic heterocycles. The second kappa shape index (κ2) is 7.84. The van der Waals surface area contributed by atoms with E-state index < -0.39 is 17.1 Å². The summed E-state index contributed by atoms with van der Waals surface area (Å²) >= 11 is 8.81. The van der Waals surface area contributed by atoms with Crippen LogP contribution in [0.15, 0.2) is 37.0 Å². The molecule has 0 aromatic carbocycles. The summed E-state index contributed by atoms with van der Waals surface area (Å²) in [4.78, 5) is 23.6. The van der Waals surface area contributed by atoms with Crippen LogP contribution in [0.2, 0.25) is 0 Å². The molecule has 18 heavy (non-hydrogen) atoms. The Balaban J connectivity index is 0.00000137. The van der Waals surface area contributed by atoms with Crippen LogP contribution in [0, 0.1) is 0 Å². The van der Waals surface area contributed by atoms with E-state index in [9.17, 15) is 9.59 Å². The van der Waals surface area contributed by atoms with Gasteiger partial charge in [0.2, 0.25) is 0 Å². The molecule has 4 nitrogen and oxygen atoms in total. The largest absolute Gasteiger partial charge is 0.280 e. The van der Waals surface area contributed by atoms with Gasteiger partial charge in [0.05, 0.1) is 0 Å². The van der Waals surface area contributed by atoms with Crippen LogP contribution in [0.1, 0.15) is 13.8 Å². The van der Waals surface area contributed by atoms with Crippen molar-refractivity contribution in [3.05, 3.63) is 37.0 Å². The number of nitrogens with one attached hydrogen (secondary N) is 1. The normalized spacial score (nSPS) is 18.7. The molecule has 0 aliphatic carbocycles. The Morgan fingerprint density at radius 2 is 2.06 bits per heavy atom. The maximum absolute atomic E-state index is 11.8. The maximum atomic E-state index is 11.8. The van der Waals surface area contributed by atoms with Crippen molar-refractivity contribution in [2.75, 3.05) is 0 Å². The zero-order valence-electron chi connectivity index (χ0n) is 10.3. The summed E-state index contributed by atoms with van der Waals surface area (Å²) in [6.45, 7) is 10.9. The Labute approximate surface area is 118 Å². The van der Waals surface area contributed by atoms with Crippen LogP contribution in [0.25, 0.3) is 0 Å². The number of nitrogens with zero attached hydrogens (tertiary/aromatic N) is 1. The zero-order chi connectivity index (χ0) is 14.3. The summed E-state index contributed by atoms with van der Waals surface area (Å²) in [5.41, 5.74) is 2.74. The van der Waals surface area contributed by atoms with Crippen LogP contribution in [0.4, 0.5) is 0 Å². The van der Waals surface area contributed by atoms with Gasteiger partial charge in [-0.25, -0.2) is 0 Å². The number of carbonyl (C=O) groups excluding carboxylic acids is 2. The Morgan fingerprint density at radius 3 is 2.39 bits per heavy atom. The molecule has 0 bridgehead atoms. The Morgan fingerprint density at radius 1 is 1.50 bits per heavy atom. The molecule has 0 aromatic heterocycles. The van der Waals surface area contributed by atoms with Gasteiger partial charge in [-0.2, -0.15) is 17.6 Å². The molecule has 0 spiro atoms. The predicted octanol–water partition coefficient (Wildman–Crippen LogP) is 1.81. The number of thiocarbonyl (C=S) groups is 1. The number of hydrazine groups is 1. The monoisotopic (exact) mass is 284 g/mol. The van der Waals surface area contributed by atoms with Crippen LogP contribution >= 0.6 is 24.8 Å². The summed E-state index contributed by atoms with van der Waals surface area (Å²) < 4.78 is 0. The standard InChI is InChI=1S/C10H10N2O2S2.C2H6/c1-3-5-6(4-2)9(13)12-10(14)7(15)8(16)11-12;1-2/h3-5,7,15H,1-2H2,(H,11,16);1-2H3/b6-5+;. The molecule has 1 aliphatic rings. The fourth-order valence-corrected chi connectivity index (χ4v) is 1.46. The third-order valence-corrected chi connectivity index (χ3v) is 2.87. The van der Waals surface area contributed by atoms with E-state index in [0.717, 1.165) is 5.01 Å². The number of amides is 2. The molecule has 1 atom stereocenters. The minimum atomic E-state index is -0.770. The van der Waals surface area contributed by atoms with E-state index in [1.54, 1.807) is 0 Å². The van der Waals surface area contributed by atoms with Crippen molar-refractivity contribution in [2.24, 2.45) is 0 Å². The molecule has 0 radical (unpaired) electrons. The number of rotatable bonds is 3. The molecule has 1 saturated heterocycles. The van der Waals surface area contributed by atoms with E-state index in [0.29, 0.717) is 0 Å². The molecular weight excluding hydrogens is 268 g/mol. The lowest BCUT2D eigenvalue weighted by Crippen LogP contribution is -2.41. The Kier molecular flexibility index (Phi) is 7.23. The van der Waals surface area contributed by atoms with Crippen LogP contribution in [0.3, 0.4) is 0 Å². The van der Waals surface area contributed by atoms with Crippen LogP contribution < -0.4 is 5.43 Å². The number of thiol groups is 1. The highest BCUT2D eigenvalue weighted by atomic mass is 32.1. The Bertz CT molecular complexity index is 416. The molecule has 0 saturated carbocycles. The van der Waals surface area contributed by atoms with Crippen molar-refractivity contribution >= 4 is 41.6 Å². The van der Waals surface area contributed by atoms with Crippen molar-refractivity contribution in [2.45, 2.75) is 19.1 Å². The molecule has 0 aromatic rings. The second-order valence-corrected chi connectivity index (χ2v) is 3.88. The average molecular weight is 284 g/mol. The number of hydrogen-bond donors (Lipinski definition) is 2. The quantitative estimate of drug-likeness (QED) is 0.359.